The van der Waals surface area contributed by atoms with E-state index in [1.807, 2.05) is 24.3 Å². The molecule has 0 saturated carbocycles. The number of nitrogens with one attached hydrogen (secondary N) is 1. The molecule has 2 heterocycles. The number of rotatable bonds is 4. The minimum Gasteiger partial charge on any atom is -0.378 e. The summed E-state index contributed by atoms with van der Waals surface area (Å²) in [4.78, 5) is 22.6. The molecule has 0 atom stereocenters. The van der Waals surface area contributed by atoms with Gasteiger partial charge in [0.05, 0.1) is 24.5 Å². The highest BCUT2D eigenvalue weighted by Gasteiger charge is 2.17. The SMILES string of the molecule is NNC(=O)CSc1nc(N2CCOCC2)c2ccccc2n1. The predicted molar refractivity (Wildman–Crippen MR) is 85.6 cm³/mol. The highest BCUT2D eigenvalue weighted by molar-refractivity contribution is 7.99. The lowest BCUT2D eigenvalue weighted by atomic mass is 10.2. The lowest BCUT2D eigenvalue weighted by Gasteiger charge is -2.28. The van der Waals surface area contributed by atoms with Crippen LogP contribution >= 0.6 is 11.8 Å². The second-order valence-electron chi connectivity index (χ2n) is 4.80. The number of hydrazine groups is 1. The van der Waals surface area contributed by atoms with Crippen LogP contribution in [0, 0.1) is 0 Å². The Kier molecular flexibility index (Phi) is 4.71. The Morgan fingerprint density at radius 1 is 1.32 bits per heavy atom. The van der Waals surface area contributed by atoms with E-state index in [-0.39, 0.29) is 11.7 Å². The number of thioether (sulfide) groups is 1. The van der Waals surface area contributed by atoms with Crippen molar-refractivity contribution < 1.29 is 9.53 Å². The van der Waals surface area contributed by atoms with E-state index in [9.17, 15) is 4.79 Å². The largest absolute Gasteiger partial charge is 0.378 e. The van der Waals surface area contributed by atoms with Gasteiger partial charge in [0, 0.05) is 18.5 Å². The van der Waals surface area contributed by atoms with Gasteiger partial charge in [-0.15, -0.1) is 0 Å². The highest BCUT2D eigenvalue weighted by atomic mass is 32.2. The van der Waals surface area contributed by atoms with Crippen molar-refractivity contribution >= 4 is 34.4 Å². The van der Waals surface area contributed by atoms with Crippen molar-refractivity contribution in [3.8, 4) is 0 Å². The van der Waals surface area contributed by atoms with E-state index >= 15 is 0 Å². The molecule has 1 saturated heterocycles. The van der Waals surface area contributed by atoms with Gasteiger partial charge in [-0.25, -0.2) is 15.8 Å². The Balaban J connectivity index is 1.94. The fraction of sp³-hybridized carbons (Fsp3) is 0.357. The molecule has 116 valence electrons. The summed E-state index contributed by atoms with van der Waals surface area (Å²) in [5.74, 6) is 5.93. The van der Waals surface area contributed by atoms with Crippen LogP contribution in [0.5, 0.6) is 0 Å². The average molecular weight is 319 g/mol. The second-order valence-corrected chi connectivity index (χ2v) is 5.75. The fourth-order valence-electron chi connectivity index (χ4n) is 2.29. The van der Waals surface area contributed by atoms with Gasteiger partial charge < -0.3 is 9.64 Å². The Bertz CT molecular complexity index is 675. The number of carbonyl (C=O) groups excluding carboxylic acids is 1. The number of ether oxygens (including phenoxy) is 1. The summed E-state index contributed by atoms with van der Waals surface area (Å²) < 4.78 is 5.40. The van der Waals surface area contributed by atoms with Crippen molar-refractivity contribution in [2.24, 2.45) is 5.84 Å². The molecule has 7 nitrogen and oxygen atoms in total. The molecule has 1 amide bonds. The summed E-state index contributed by atoms with van der Waals surface area (Å²) in [6.07, 6.45) is 0. The molecule has 1 aromatic carbocycles. The summed E-state index contributed by atoms with van der Waals surface area (Å²) in [5, 5.41) is 1.58. The van der Waals surface area contributed by atoms with Crippen LogP contribution in [0.15, 0.2) is 29.4 Å². The van der Waals surface area contributed by atoms with Gasteiger partial charge in [0.2, 0.25) is 5.91 Å². The number of hydrogen-bond donors (Lipinski definition) is 2. The van der Waals surface area contributed by atoms with E-state index in [2.05, 4.69) is 20.3 Å². The third-order valence-electron chi connectivity index (χ3n) is 3.37. The third kappa shape index (κ3) is 3.29. The Labute approximate surface area is 132 Å². The van der Waals surface area contributed by atoms with Gasteiger partial charge in [-0.05, 0) is 12.1 Å². The van der Waals surface area contributed by atoms with Crippen LogP contribution in [0.3, 0.4) is 0 Å². The molecule has 1 aromatic heterocycles. The monoisotopic (exact) mass is 319 g/mol. The van der Waals surface area contributed by atoms with Gasteiger partial charge >= 0.3 is 0 Å². The number of aromatic nitrogens is 2. The minimum atomic E-state index is -0.255. The first-order chi connectivity index (χ1) is 10.8. The number of para-hydroxylation sites is 1. The smallest absolute Gasteiger partial charge is 0.244 e. The zero-order valence-corrected chi connectivity index (χ0v) is 12.8. The van der Waals surface area contributed by atoms with Crippen molar-refractivity contribution in [3.63, 3.8) is 0 Å². The minimum absolute atomic E-state index is 0.192. The van der Waals surface area contributed by atoms with Gasteiger partial charge in [-0.1, -0.05) is 23.9 Å². The molecular formula is C14H17N5O2S. The molecule has 1 fully saturated rings. The number of amides is 1. The molecule has 1 aliphatic rings. The summed E-state index contributed by atoms with van der Waals surface area (Å²) in [6.45, 7) is 2.98. The number of benzene rings is 1. The molecule has 3 N–H and O–H groups in total. The molecule has 2 aromatic rings. The maximum absolute atomic E-state index is 11.3. The van der Waals surface area contributed by atoms with Crippen LogP contribution in [-0.2, 0) is 9.53 Å². The van der Waals surface area contributed by atoms with Crippen LogP contribution in [0.1, 0.15) is 0 Å². The molecule has 0 spiro atoms. The first-order valence-corrected chi connectivity index (χ1v) is 7.98. The van der Waals surface area contributed by atoms with Crippen LogP contribution in [-0.4, -0.2) is 47.9 Å². The molecule has 3 rings (SSSR count). The topological polar surface area (TPSA) is 93.4 Å². The van der Waals surface area contributed by atoms with Crippen molar-refractivity contribution in [1.29, 1.82) is 0 Å². The van der Waals surface area contributed by atoms with Gasteiger partial charge in [-0.2, -0.15) is 0 Å². The molecule has 0 bridgehead atoms. The lowest BCUT2D eigenvalue weighted by molar-refractivity contribution is -0.118. The van der Waals surface area contributed by atoms with E-state index in [0.717, 1.165) is 29.8 Å². The van der Waals surface area contributed by atoms with Crippen molar-refractivity contribution in [3.05, 3.63) is 24.3 Å². The van der Waals surface area contributed by atoms with Crippen LogP contribution in [0.4, 0.5) is 5.82 Å². The number of anilines is 1. The van der Waals surface area contributed by atoms with E-state index < -0.39 is 0 Å². The number of morpholine rings is 1. The Hall–Kier alpha value is -1.90. The van der Waals surface area contributed by atoms with Crippen molar-refractivity contribution in [1.82, 2.24) is 15.4 Å². The predicted octanol–water partition coefficient (Wildman–Crippen LogP) is 0.548. The molecule has 0 unspecified atom stereocenters. The molecule has 0 aliphatic carbocycles. The van der Waals surface area contributed by atoms with Gasteiger partial charge in [-0.3, -0.25) is 10.2 Å². The quantitative estimate of drug-likeness (QED) is 0.279. The first kappa shape index (κ1) is 15.0. The summed E-state index contributed by atoms with van der Waals surface area (Å²) in [6, 6.07) is 7.89. The number of carbonyl (C=O) groups is 1. The van der Waals surface area contributed by atoms with Crippen LogP contribution in [0.25, 0.3) is 10.9 Å². The molecular weight excluding hydrogens is 302 g/mol. The van der Waals surface area contributed by atoms with Crippen LogP contribution in [0.2, 0.25) is 0 Å². The fourth-order valence-corrected chi connectivity index (χ4v) is 2.95. The summed E-state index contributed by atoms with van der Waals surface area (Å²) in [7, 11) is 0. The summed E-state index contributed by atoms with van der Waals surface area (Å²) >= 11 is 1.27. The van der Waals surface area contributed by atoms with Gasteiger partial charge in [0.15, 0.2) is 5.16 Å². The van der Waals surface area contributed by atoms with Gasteiger partial charge in [0.25, 0.3) is 0 Å². The number of nitrogens with two attached hydrogens (primary N) is 1. The standard InChI is InChI=1S/C14H17N5O2S/c15-18-12(20)9-22-14-16-11-4-2-1-3-10(11)13(17-14)19-5-7-21-8-6-19/h1-4H,5-9,15H2,(H,18,20). The third-order valence-corrected chi connectivity index (χ3v) is 4.21. The number of nitrogens with zero attached hydrogens (tertiary/aromatic N) is 3. The molecule has 22 heavy (non-hydrogen) atoms. The van der Waals surface area contributed by atoms with E-state index in [1.165, 1.54) is 11.8 Å². The van der Waals surface area contributed by atoms with Crippen LogP contribution < -0.4 is 16.2 Å². The Morgan fingerprint density at radius 3 is 2.86 bits per heavy atom. The first-order valence-electron chi connectivity index (χ1n) is 6.99. The average Bonchev–Trinajstić information content (AvgIpc) is 2.59. The van der Waals surface area contributed by atoms with E-state index in [0.29, 0.717) is 18.4 Å². The second kappa shape index (κ2) is 6.91. The Morgan fingerprint density at radius 2 is 2.09 bits per heavy atom. The van der Waals surface area contributed by atoms with E-state index in [1.54, 1.807) is 0 Å². The molecule has 0 radical (unpaired) electrons. The lowest BCUT2D eigenvalue weighted by Crippen LogP contribution is -2.37. The number of hydrogen-bond acceptors (Lipinski definition) is 7. The normalized spacial score (nSPS) is 15.0. The highest BCUT2D eigenvalue weighted by Crippen LogP contribution is 2.27. The zero-order chi connectivity index (χ0) is 15.4. The zero-order valence-electron chi connectivity index (χ0n) is 12.0. The number of fused-ring (bicyclic) bond motifs is 1. The molecule has 8 heteroatoms. The van der Waals surface area contributed by atoms with E-state index in [4.69, 9.17) is 10.6 Å². The summed E-state index contributed by atoms with van der Waals surface area (Å²) in [5.41, 5.74) is 2.98. The molecule has 1 aliphatic heterocycles. The van der Waals surface area contributed by atoms with Crippen molar-refractivity contribution in [2.75, 3.05) is 37.0 Å². The maximum atomic E-state index is 11.3. The van der Waals surface area contributed by atoms with Crippen molar-refractivity contribution in [2.45, 2.75) is 5.16 Å². The maximum Gasteiger partial charge on any atom is 0.244 e. The van der Waals surface area contributed by atoms with Gasteiger partial charge in [0.1, 0.15) is 5.82 Å².